The maximum atomic E-state index is 13.7. The molecule has 2 saturated heterocycles. The van der Waals surface area contributed by atoms with Crippen molar-refractivity contribution in [3.8, 4) is 0 Å². The molecular formula is C27H33N3O4. The second-order valence-electron chi connectivity index (χ2n) is 9.66. The molecule has 4 rings (SSSR count). The topological polar surface area (TPSA) is 79.0 Å². The molecule has 2 aliphatic rings. The summed E-state index contributed by atoms with van der Waals surface area (Å²) in [7, 11) is 0. The molecule has 1 N–H and O–H groups in total. The third-order valence-electron chi connectivity index (χ3n) is 6.64. The fourth-order valence-corrected chi connectivity index (χ4v) is 5.00. The minimum atomic E-state index is -0.911. The van der Waals surface area contributed by atoms with Gasteiger partial charge in [0.05, 0.1) is 6.61 Å². The number of amides is 3. The zero-order valence-corrected chi connectivity index (χ0v) is 20.3. The van der Waals surface area contributed by atoms with E-state index in [0.29, 0.717) is 37.2 Å². The van der Waals surface area contributed by atoms with E-state index in [4.69, 9.17) is 4.74 Å². The molecule has 0 aliphatic carbocycles. The first kappa shape index (κ1) is 24.0. The predicted octanol–water partition coefficient (Wildman–Crippen LogP) is 3.76. The van der Waals surface area contributed by atoms with Crippen LogP contribution in [0.25, 0.3) is 0 Å². The van der Waals surface area contributed by atoms with Crippen LogP contribution in [0.4, 0.5) is 5.69 Å². The Morgan fingerprint density at radius 1 is 1.00 bits per heavy atom. The maximum Gasteiger partial charge on any atom is 0.256 e. The number of piperidine rings is 1. The van der Waals surface area contributed by atoms with Crippen LogP contribution in [0.2, 0.25) is 0 Å². The summed E-state index contributed by atoms with van der Waals surface area (Å²) in [5, 5.41) is 2.99. The lowest BCUT2D eigenvalue weighted by molar-refractivity contribution is -0.146. The highest BCUT2D eigenvalue weighted by Gasteiger charge is 2.54. The zero-order chi connectivity index (χ0) is 24.5. The summed E-state index contributed by atoms with van der Waals surface area (Å²) in [6.07, 6.45) is 0.939. The summed E-state index contributed by atoms with van der Waals surface area (Å²) in [6.45, 7) is 8.83. The third kappa shape index (κ3) is 4.71. The summed E-state index contributed by atoms with van der Waals surface area (Å²) in [5.74, 6) is -0.496. The lowest BCUT2D eigenvalue weighted by atomic mass is 9.95. The largest absolute Gasteiger partial charge is 0.353 e. The Hall–Kier alpha value is -3.19. The number of anilines is 1. The average molecular weight is 464 g/mol. The molecule has 7 nitrogen and oxygen atoms in total. The van der Waals surface area contributed by atoms with Crippen LogP contribution in [0.1, 0.15) is 48.2 Å². The van der Waals surface area contributed by atoms with Crippen LogP contribution in [-0.4, -0.2) is 59.0 Å². The molecule has 7 heteroatoms. The molecule has 1 atom stereocenters. The molecule has 2 aromatic carbocycles. The highest BCUT2D eigenvalue weighted by atomic mass is 16.5. The van der Waals surface area contributed by atoms with Gasteiger partial charge >= 0.3 is 0 Å². The van der Waals surface area contributed by atoms with Crippen molar-refractivity contribution < 1.29 is 19.1 Å². The Bertz CT molecular complexity index is 1050. The summed E-state index contributed by atoms with van der Waals surface area (Å²) in [6, 6.07) is 14.1. The predicted molar refractivity (Wildman–Crippen MR) is 130 cm³/mol. The number of carbonyl (C=O) groups is 3. The lowest BCUT2D eigenvalue weighted by Crippen LogP contribution is -2.59. The Balaban J connectivity index is 1.61. The number of carbonyl (C=O) groups excluding carboxylic acids is 3. The number of hydrogen-bond donors (Lipinski definition) is 1. The number of nitrogens with zero attached hydrogens (tertiary/aromatic N) is 2. The minimum absolute atomic E-state index is 0.0862. The van der Waals surface area contributed by atoms with Crippen LogP contribution in [-0.2, 0) is 14.3 Å². The smallest absolute Gasteiger partial charge is 0.256 e. The highest BCUT2D eigenvalue weighted by Crippen LogP contribution is 2.39. The van der Waals surface area contributed by atoms with Crippen molar-refractivity contribution in [1.82, 2.24) is 9.80 Å². The number of aryl methyl sites for hydroxylation is 2. The van der Waals surface area contributed by atoms with E-state index in [-0.39, 0.29) is 30.2 Å². The molecule has 2 fully saturated rings. The van der Waals surface area contributed by atoms with Gasteiger partial charge in [0.15, 0.2) is 0 Å². The van der Waals surface area contributed by atoms with Crippen molar-refractivity contribution in [2.45, 2.75) is 52.3 Å². The van der Waals surface area contributed by atoms with Crippen LogP contribution >= 0.6 is 0 Å². The van der Waals surface area contributed by atoms with Crippen LogP contribution in [0, 0.1) is 19.8 Å². The second kappa shape index (κ2) is 9.58. The standard InChI is InChI=1S/C27H33N3O4/c1-18(2)25(32)29-12-10-27(11-13-29)30(26(33)21-8-6-5-7-9-21)23(17-34-27)24(31)28-22-15-19(3)14-20(4)16-22/h5-9,14-16,18,23H,10-13,17H2,1-4H3,(H,28,31). The van der Waals surface area contributed by atoms with Crippen LogP contribution in [0.15, 0.2) is 48.5 Å². The first-order chi connectivity index (χ1) is 16.2. The van der Waals surface area contributed by atoms with Crippen molar-refractivity contribution in [3.63, 3.8) is 0 Å². The van der Waals surface area contributed by atoms with E-state index in [1.807, 2.05) is 69.0 Å². The Labute approximate surface area is 201 Å². The van der Waals surface area contributed by atoms with E-state index < -0.39 is 11.8 Å². The third-order valence-corrected chi connectivity index (χ3v) is 6.64. The molecule has 0 bridgehead atoms. The maximum absolute atomic E-state index is 13.7. The molecule has 3 amide bonds. The molecule has 0 saturated carbocycles. The van der Waals surface area contributed by atoms with Gasteiger partial charge in [0.1, 0.15) is 11.8 Å². The summed E-state index contributed by atoms with van der Waals surface area (Å²) >= 11 is 0. The number of hydrogen-bond acceptors (Lipinski definition) is 4. The van der Waals surface area contributed by atoms with Crippen LogP contribution in [0.5, 0.6) is 0 Å². The minimum Gasteiger partial charge on any atom is -0.353 e. The molecule has 2 aliphatic heterocycles. The quantitative estimate of drug-likeness (QED) is 0.749. The van der Waals surface area contributed by atoms with Gasteiger partial charge < -0.3 is 15.0 Å². The van der Waals surface area contributed by atoms with Gasteiger partial charge in [-0.2, -0.15) is 0 Å². The molecule has 180 valence electrons. The molecule has 2 aromatic rings. The van der Waals surface area contributed by atoms with E-state index in [1.165, 1.54) is 0 Å². The van der Waals surface area contributed by atoms with E-state index in [2.05, 4.69) is 5.32 Å². The first-order valence-corrected chi connectivity index (χ1v) is 11.9. The lowest BCUT2D eigenvalue weighted by Gasteiger charge is -2.44. The molecule has 34 heavy (non-hydrogen) atoms. The number of likely N-dealkylation sites (tertiary alicyclic amines) is 1. The van der Waals surface area contributed by atoms with Crippen molar-refractivity contribution in [3.05, 3.63) is 65.2 Å². The molecule has 0 radical (unpaired) electrons. The van der Waals surface area contributed by atoms with Gasteiger partial charge in [-0.3, -0.25) is 19.3 Å². The molecule has 2 heterocycles. The van der Waals surface area contributed by atoms with Gasteiger partial charge in [0, 0.05) is 43.1 Å². The van der Waals surface area contributed by atoms with Gasteiger partial charge in [-0.15, -0.1) is 0 Å². The van der Waals surface area contributed by atoms with Gasteiger partial charge in [-0.05, 0) is 49.2 Å². The van der Waals surface area contributed by atoms with E-state index >= 15 is 0 Å². The average Bonchev–Trinajstić information content (AvgIpc) is 3.17. The van der Waals surface area contributed by atoms with E-state index in [0.717, 1.165) is 11.1 Å². The Morgan fingerprint density at radius 2 is 1.62 bits per heavy atom. The van der Waals surface area contributed by atoms with Crippen molar-refractivity contribution in [2.75, 3.05) is 25.0 Å². The second-order valence-corrected chi connectivity index (χ2v) is 9.66. The van der Waals surface area contributed by atoms with Gasteiger partial charge in [0.2, 0.25) is 11.8 Å². The molecular weight excluding hydrogens is 430 g/mol. The fourth-order valence-electron chi connectivity index (χ4n) is 5.00. The SMILES string of the molecule is Cc1cc(C)cc(NC(=O)C2COC3(CCN(C(=O)C(C)C)CC3)N2C(=O)c2ccccc2)c1. The Morgan fingerprint density at radius 3 is 2.21 bits per heavy atom. The zero-order valence-electron chi connectivity index (χ0n) is 20.3. The highest BCUT2D eigenvalue weighted by molar-refractivity contribution is 6.02. The summed E-state index contributed by atoms with van der Waals surface area (Å²) in [5.41, 5.74) is 2.40. The monoisotopic (exact) mass is 463 g/mol. The summed E-state index contributed by atoms with van der Waals surface area (Å²) < 4.78 is 6.25. The normalized spacial score (nSPS) is 19.5. The molecule has 1 spiro atoms. The van der Waals surface area contributed by atoms with E-state index in [9.17, 15) is 14.4 Å². The van der Waals surface area contributed by atoms with Crippen LogP contribution in [0.3, 0.4) is 0 Å². The Kier molecular flexibility index (Phi) is 6.75. The van der Waals surface area contributed by atoms with Gasteiger partial charge in [0.25, 0.3) is 5.91 Å². The van der Waals surface area contributed by atoms with Crippen molar-refractivity contribution in [1.29, 1.82) is 0 Å². The van der Waals surface area contributed by atoms with E-state index in [1.54, 1.807) is 17.0 Å². The number of ether oxygens (including phenoxy) is 1. The van der Waals surface area contributed by atoms with Gasteiger partial charge in [-0.25, -0.2) is 0 Å². The summed E-state index contributed by atoms with van der Waals surface area (Å²) in [4.78, 5) is 43.1. The number of nitrogens with one attached hydrogen (secondary N) is 1. The van der Waals surface area contributed by atoms with Crippen LogP contribution < -0.4 is 5.32 Å². The van der Waals surface area contributed by atoms with Gasteiger partial charge in [-0.1, -0.05) is 38.1 Å². The molecule has 0 aromatic heterocycles. The number of rotatable bonds is 4. The molecule has 1 unspecified atom stereocenters. The first-order valence-electron chi connectivity index (χ1n) is 11.9. The van der Waals surface area contributed by atoms with Crippen molar-refractivity contribution >= 4 is 23.4 Å². The fraction of sp³-hybridized carbons (Fsp3) is 0.444. The van der Waals surface area contributed by atoms with Crippen molar-refractivity contribution in [2.24, 2.45) is 5.92 Å². The number of benzene rings is 2.